The average Bonchev–Trinajstić information content (AvgIpc) is 2.73. The summed E-state index contributed by atoms with van der Waals surface area (Å²) in [6.07, 6.45) is 0. The molecular formula is C22H17ClN2O3. The third-order valence-corrected chi connectivity index (χ3v) is 5.57. The number of imide groups is 1. The van der Waals surface area contributed by atoms with E-state index in [2.05, 4.69) is 4.90 Å². The Hall–Kier alpha value is -2.89. The molecule has 5 nitrogen and oxygen atoms in total. The van der Waals surface area contributed by atoms with Gasteiger partial charge in [0.05, 0.1) is 18.9 Å². The van der Waals surface area contributed by atoms with Crippen molar-refractivity contribution in [3.8, 4) is 0 Å². The van der Waals surface area contributed by atoms with Crippen LogP contribution < -0.4 is 9.80 Å². The monoisotopic (exact) mass is 392 g/mol. The summed E-state index contributed by atoms with van der Waals surface area (Å²) < 4.78 is 5.45. The zero-order valence-electron chi connectivity index (χ0n) is 15.0. The topological polar surface area (TPSA) is 49.9 Å². The SMILES string of the molecule is O=C1c2cccc3c(N4CCOCC4)ccc(c23)C(=O)N1c1ccc(Cl)cc1. The van der Waals surface area contributed by atoms with Crippen molar-refractivity contribution in [2.45, 2.75) is 0 Å². The van der Waals surface area contributed by atoms with Crippen LogP contribution in [0.2, 0.25) is 5.02 Å². The van der Waals surface area contributed by atoms with Gasteiger partial charge in [-0.25, -0.2) is 4.90 Å². The van der Waals surface area contributed by atoms with E-state index in [0.717, 1.165) is 29.5 Å². The smallest absolute Gasteiger partial charge is 0.265 e. The predicted molar refractivity (Wildman–Crippen MR) is 110 cm³/mol. The molecule has 2 heterocycles. The minimum Gasteiger partial charge on any atom is -0.378 e. The molecule has 0 radical (unpaired) electrons. The number of benzene rings is 3. The van der Waals surface area contributed by atoms with Gasteiger partial charge in [0.2, 0.25) is 0 Å². The number of hydrogen-bond donors (Lipinski definition) is 0. The molecule has 0 atom stereocenters. The first kappa shape index (κ1) is 17.2. The lowest BCUT2D eigenvalue weighted by Gasteiger charge is -2.32. The number of nitrogens with zero attached hydrogens (tertiary/aromatic N) is 2. The molecular weight excluding hydrogens is 376 g/mol. The number of carbonyl (C=O) groups excluding carboxylic acids is 2. The van der Waals surface area contributed by atoms with Crippen LogP contribution in [0, 0.1) is 0 Å². The van der Waals surface area contributed by atoms with Crippen LogP contribution in [0.15, 0.2) is 54.6 Å². The lowest BCUT2D eigenvalue weighted by Crippen LogP contribution is -2.41. The van der Waals surface area contributed by atoms with Gasteiger partial charge in [0, 0.05) is 45.7 Å². The van der Waals surface area contributed by atoms with Crippen molar-refractivity contribution in [3.63, 3.8) is 0 Å². The summed E-state index contributed by atoms with van der Waals surface area (Å²) in [5.41, 5.74) is 2.62. The van der Waals surface area contributed by atoms with Gasteiger partial charge in [0.15, 0.2) is 0 Å². The molecule has 28 heavy (non-hydrogen) atoms. The fraction of sp³-hybridized carbons (Fsp3) is 0.182. The maximum atomic E-state index is 13.2. The van der Waals surface area contributed by atoms with Crippen LogP contribution in [-0.4, -0.2) is 38.1 Å². The molecule has 0 N–H and O–H groups in total. The van der Waals surface area contributed by atoms with Crippen molar-refractivity contribution in [1.29, 1.82) is 0 Å². The van der Waals surface area contributed by atoms with Gasteiger partial charge in [-0.3, -0.25) is 9.59 Å². The van der Waals surface area contributed by atoms with Crippen LogP contribution in [0.1, 0.15) is 20.7 Å². The largest absolute Gasteiger partial charge is 0.378 e. The second-order valence-corrected chi connectivity index (χ2v) is 7.32. The van der Waals surface area contributed by atoms with Gasteiger partial charge in [-0.05, 0) is 42.5 Å². The number of rotatable bonds is 2. The highest BCUT2D eigenvalue weighted by Crippen LogP contribution is 2.37. The van der Waals surface area contributed by atoms with Gasteiger partial charge in [-0.15, -0.1) is 0 Å². The van der Waals surface area contributed by atoms with Crippen LogP contribution in [0.4, 0.5) is 11.4 Å². The van der Waals surface area contributed by atoms with Crippen molar-refractivity contribution in [2.75, 3.05) is 36.1 Å². The molecule has 0 bridgehead atoms. The molecule has 0 spiro atoms. The third-order valence-electron chi connectivity index (χ3n) is 5.32. The van der Waals surface area contributed by atoms with Crippen molar-refractivity contribution in [2.24, 2.45) is 0 Å². The Bertz CT molecular complexity index is 1080. The highest BCUT2D eigenvalue weighted by atomic mass is 35.5. The molecule has 1 saturated heterocycles. The van der Waals surface area contributed by atoms with Crippen LogP contribution in [0.3, 0.4) is 0 Å². The fourth-order valence-corrected chi connectivity index (χ4v) is 4.11. The van der Waals surface area contributed by atoms with Gasteiger partial charge in [-0.1, -0.05) is 23.7 Å². The predicted octanol–water partition coefficient (Wildman–Crippen LogP) is 4.13. The number of morpholine rings is 1. The number of carbonyl (C=O) groups is 2. The van der Waals surface area contributed by atoms with Crippen molar-refractivity contribution in [1.82, 2.24) is 0 Å². The van der Waals surface area contributed by atoms with Crippen molar-refractivity contribution >= 4 is 45.6 Å². The summed E-state index contributed by atoms with van der Waals surface area (Å²) in [4.78, 5) is 29.9. The first-order valence-electron chi connectivity index (χ1n) is 9.18. The second-order valence-electron chi connectivity index (χ2n) is 6.88. The summed E-state index contributed by atoms with van der Waals surface area (Å²) in [6.45, 7) is 2.92. The van der Waals surface area contributed by atoms with E-state index in [0.29, 0.717) is 35.1 Å². The van der Waals surface area contributed by atoms with Gasteiger partial charge in [0.1, 0.15) is 0 Å². The van der Waals surface area contributed by atoms with Crippen molar-refractivity contribution in [3.05, 3.63) is 70.7 Å². The molecule has 0 saturated carbocycles. The molecule has 0 aromatic heterocycles. The standard InChI is InChI=1S/C22H17ClN2O3/c23-14-4-6-15(7-5-14)25-21(26)17-3-1-2-16-19(24-10-12-28-13-11-24)9-8-18(20(16)17)22(25)27/h1-9H,10-13H2. The Kier molecular flexibility index (Phi) is 4.07. The van der Waals surface area contributed by atoms with E-state index in [1.54, 1.807) is 30.3 Å². The highest BCUT2D eigenvalue weighted by molar-refractivity contribution is 6.36. The molecule has 1 fully saturated rings. The maximum Gasteiger partial charge on any atom is 0.265 e. The molecule has 0 aliphatic carbocycles. The molecule has 5 rings (SSSR count). The average molecular weight is 393 g/mol. The molecule has 2 aliphatic heterocycles. The van der Waals surface area contributed by atoms with Crippen LogP contribution in [-0.2, 0) is 4.74 Å². The first-order chi connectivity index (χ1) is 13.6. The van der Waals surface area contributed by atoms with Crippen LogP contribution in [0.5, 0.6) is 0 Å². The number of halogens is 1. The van der Waals surface area contributed by atoms with E-state index in [4.69, 9.17) is 16.3 Å². The molecule has 0 unspecified atom stereocenters. The van der Waals surface area contributed by atoms with Gasteiger partial charge >= 0.3 is 0 Å². The quantitative estimate of drug-likeness (QED) is 0.615. The molecule has 3 aromatic rings. The maximum absolute atomic E-state index is 13.2. The van der Waals surface area contributed by atoms with Gasteiger partial charge in [0.25, 0.3) is 11.8 Å². The molecule has 3 aromatic carbocycles. The normalized spacial score (nSPS) is 16.8. The van der Waals surface area contributed by atoms with Crippen LogP contribution >= 0.6 is 11.6 Å². The Balaban J connectivity index is 1.68. The highest BCUT2D eigenvalue weighted by Gasteiger charge is 2.34. The van der Waals surface area contributed by atoms with Gasteiger partial charge < -0.3 is 9.64 Å². The zero-order chi connectivity index (χ0) is 19.3. The zero-order valence-corrected chi connectivity index (χ0v) is 15.8. The minimum absolute atomic E-state index is 0.315. The second kappa shape index (κ2) is 6.62. The Morgan fingerprint density at radius 2 is 1.50 bits per heavy atom. The number of amides is 2. The molecule has 6 heteroatoms. The van der Waals surface area contributed by atoms with E-state index >= 15 is 0 Å². The lowest BCUT2D eigenvalue weighted by atomic mass is 9.92. The summed E-state index contributed by atoms with van der Waals surface area (Å²) in [5, 5.41) is 2.21. The molecule has 140 valence electrons. The van der Waals surface area contributed by atoms with Crippen molar-refractivity contribution < 1.29 is 14.3 Å². The van der Waals surface area contributed by atoms with Gasteiger partial charge in [-0.2, -0.15) is 0 Å². The van der Waals surface area contributed by atoms with Crippen LogP contribution in [0.25, 0.3) is 10.8 Å². The van der Waals surface area contributed by atoms with E-state index in [1.165, 1.54) is 4.90 Å². The van der Waals surface area contributed by atoms with E-state index in [9.17, 15) is 9.59 Å². The first-order valence-corrected chi connectivity index (χ1v) is 9.56. The van der Waals surface area contributed by atoms with E-state index < -0.39 is 0 Å². The lowest BCUT2D eigenvalue weighted by molar-refractivity contribution is 0.0893. The Labute approximate surface area is 167 Å². The minimum atomic E-state index is -0.315. The molecule has 2 aliphatic rings. The fourth-order valence-electron chi connectivity index (χ4n) is 3.99. The summed E-state index contributed by atoms with van der Waals surface area (Å²) >= 11 is 5.96. The Morgan fingerprint density at radius 1 is 0.821 bits per heavy atom. The van der Waals surface area contributed by atoms with E-state index in [1.807, 2.05) is 24.3 Å². The summed E-state index contributed by atoms with van der Waals surface area (Å²) in [5.74, 6) is -0.630. The number of hydrogen-bond acceptors (Lipinski definition) is 4. The third kappa shape index (κ3) is 2.58. The summed E-state index contributed by atoms with van der Waals surface area (Å²) in [7, 11) is 0. The number of anilines is 2. The summed E-state index contributed by atoms with van der Waals surface area (Å²) in [6, 6.07) is 16.2. The number of ether oxygens (including phenoxy) is 1. The Morgan fingerprint density at radius 3 is 2.21 bits per heavy atom. The van der Waals surface area contributed by atoms with E-state index in [-0.39, 0.29) is 11.8 Å². The molecule has 2 amide bonds.